The van der Waals surface area contributed by atoms with Gasteiger partial charge in [0, 0.05) is 6.20 Å². The van der Waals surface area contributed by atoms with E-state index in [1.165, 1.54) is 6.92 Å². The summed E-state index contributed by atoms with van der Waals surface area (Å²) in [6, 6.07) is 3.26. The molecule has 0 spiro atoms. The summed E-state index contributed by atoms with van der Waals surface area (Å²) >= 11 is 0. The quantitative estimate of drug-likeness (QED) is 0.920. The van der Waals surface area contributed by atoms with Crippen molar-refractivity contribution in [3.8, 4) is 0 Å². The Hall–Kier alpha value is -2.03. The van der Waals surface area contributed by atoms with Crippen LogP contribution in [0.15, 0.2) is 35.5 Å². The Kier molecular flexibility index (Phi) is 4.21. The highest BCUT2D eigenvalue weighted by Gasteiger charge is 2.18. The molecule has 0 aliphatic rings. The van der Waals surface area contributed by atoms with Gasteiger partial charge in [0.25, 0.3) is 16.4 Å². The zero-order chi connectivity index (χ0) is 15.6. The summed E-state index contributed by atoms with van der Waals surface area (Å²) in [4.78, 5) is -0.0921. The topological polar surface area (TPSA) is 64.0 Å². The molecule has 0 amide bonds. The molecule has 2 aromatic rings. The van der Waals surface area contributed by atoms with Crippen molar-refractivity contribution in [2.45, 2.75) is 24.8 Å². The van der Waals surface area contributed by atoms with Gasteiger partial charge in [0.15, 0.2) is 0 Å². The Morgan fingerprint density at radius 3 is 2.71 bits per heavy atom. The van der Waals surface area contributed by atoms with Gasteiger partial charge in [-0.1, -0.05) is 0 Å². The highest BCUT2D eigenvalue weighted by atomic mass is 32.2. The number of anilines is 1. The van der Waals surface area contributed by atoms with Crippen LogP contribution in [-0.2, 0) is 16.6 Å². The van der Waals surface area contributed by atoms with E-state index in [1.807, 2.05) is 0 Å². The third-order valence-electron chi connectivity index (χ3n) is 2.64. The van der Waals surface area contributed by atoms with Crippen molar-refractivity contribution in [1.82, 2.24) is 9.78 Å². The number of nitrogens with one attached hydrogen (secondary N) is 1. The van der Waals surface area contributed by atoms with Crippen LogP contribution in [0.4, 0.5) is 18.9 Å². The van der Waals surface area contributed by atoms with E-state index in [2.05, 4.69) is 9.82 Å². The lowest BCUT2D eigenvalue weighted by Gasteiger charge is -2.08. The van der Waals surface area contributed by atoms with Gasteiger partial charge in [-0.2, -0.15) is 5.10 Å². The lowest BCUT2D eigenvalue weighted by Crippen LogP contribution is -2.14. The van der Waals surface area contributed by atoms with Crippen LogP contribution in [0, 0.1) is 12.7 Å². The fraction of sp³-hybridized carbons (Fsp3) is 0.250. The van der Waals surface area contributed by atoms with E-state index in [-0.39, 0.29) is 16.1 Å². The molecule has 0 atom stereocenters. The van der Waals surface area contributed by atoms with Crippen molar-refractivity contribution in [1.29, 1.82) is 0 Å². The maximum atomic E-state index is 13.0. The molecular weight excluding hydrogens is 307 g/mol. The number of alkyl halides is 2. The van der Waals surface area contributed by atoms with Gasteiger partial charge >= 0.3 is 0 Å². The van der Waals surface area contributed by atoms with Crippen molar-refractivity contribution in [3.63, 3.8) is 0 Å². The molecule has 1 aromatic heterocycles. The monoisotopic (exact) mass is 319 g/mol. The Balaban J connectivity index is 2.23. The van der Waals surface area contributed by atoms with E-state index in [9.17, 15) is 21.6 Å². The first kappa shape index (κ1) is 15.4. The van der Waals surface area contributed by atoms with Crippen LogP contribution >= 0.6 is 0 Å². The number of aryl methyl sites for hydroxylation is 1. The van der Waals surface area contributed by atoms with Crippen LogP contribution in [-0.4, -0.2) is 24.6 Å². The van der Waals surface area contributed by atoms with Crippen molar-refractivity contribution >= 4 is 15.7 Å². The Labute approximate surface area is 119 Å². The summed E-state index contributed by atoms with van der Waals surface area (Å²) in [5.41, 5.74) is 0.293. The van der Waals surface area contributed by atoms with Gasteiger partial charge in [0.05, 0.1) is 16.8 Å². The largest absolute Gasteiger partial charge is 0.276 e. The normalized spacial score (nSPS) is 11.9. The summed E-state index contributed by atoms with van der Waals surface area (Å²) in [5, 5.41) is 3.62. The number of aromatic nitrogens is 2. The number of halogens is 3. The number of hydrogen-bond acceptors (Lipinski definition) is 3. The molecule has 0 unspecified atom stereocenters. The fourth-order valence-corrected chi connectivity index (χ4v) is 3.04. The molecule has 0 radical (unpaired) electrons. The van der Waals surface area contributed by atoms with Gasteiger partial charge in [-0.05, 0) is 30.7 Å². The summed E-state index contributed by atoms with van der Waals surface area (Å²) < 4.78 is 64.8. The van der Waals surface area contributed by atoms with Crippen LogP contribution in [0.1, 0.15) is 5.56 Å². The minimum Gasteiger partial charge on any atom is -0.276 e. The van der Waals surface area contributed by atoms with Gasteiger partial charge in [0.1, 0.15) is 12.4 Å². The third kappa shape index (κ3) is 3.75. The first-order valence-corrected chi connectivity index (χ1v) is 7.36. The molecule has 5 nitrogen and oxygen atoms in total. The maximum Gasteiger partial charge on any atom is 0.262 e. The molecule has 21 heavy (non-hydrogen) atoms. The van der Waals surface area contributed by atoms with Gasteiger partial charge in [-0.3, -0.25) is 9.40 Å². The van der Waals surface area contributed by atoms with Crippen molar-refractivity contribution in [2.75, 3.05) is 4.72 Å². The second-order valence-corrected chi connectivity index (χ2v) is 6.01. The molecule has 0 aliphatic heterocycles. The molecule has 0 fully saturated rings. The van der Waals surface area contributed by atoms with Gasteiger partial charge < -0.3 is 0 Å². The SMILES string of the molecule is Cc1cc(F)ccc1S(=O)(=O)Nc1cnn(CC(F)F)c1. The van der Waals surface area contributed by atoms with Gasteiger partial charge in [0.2, 0.25) is 0 Å². The molecule has 9 heteroatoms. The van der Waals surface area contributed by atoms with E-state index in [4.69, 9.17) is 0 Å². The first-order chi connectivity index (χ1) is 9.78. The fourth-order valence-electron chi connectivity index (χ4n) is 1.78. The van der Waals surface area contributed by atoms with Gasteiger partial charge in [-0.25, -0.2) is 21.6 Å². The molecule has 1 N–H and O–H groups in total. The number of benzene rings is 1. The van der Waals surface area contributed by atoms with Crippen LogP contribution in [0.2, 0.25) is 0 Å². The lowest BCUT2D eigenvalue weighted by molar-refractivity contribution is 0.122. The standard InChI is InChI=1S/C12H12F3N3O2S/c1-8-4-9(13)2-3-11(8)21(19,20)17-10-5-16-18(6-10)7-12(14)15/h2-6,12,17H,7H2,1H3. The van der Waals surface area contributed by atoms with E-state index in [0.29, 0.717) is 0 Å². The molecular formula is C12H12F3N3O2S. The lowest BCUT2D eigenvalue weighted by atomic mass is 10.2. The molecule has 2 rings (SSSR count). The second-order valence-electron chi connectivity index (χ2n) is 4.36. The smallest absolute Gasteiger partial charge is 0.262 e. The average molecular weight is 319 g/mol. The zero-order valence-corrected chi connectivity index (χ0v) is 11.7. The molecule has 0 aliphatic carbocycles. The number of nitrogens with zero attached hydrogens (tertiary/aromatic N) is 2. The highest BCUT2D eigenvalue weighted by Crippen LogP contribution is 2.20. The third-order valence-corrected chi connectivity index (χ3v) is 4.18. The minimum atomic E-state index is -3.93. The molecule has 0 saturated heterocycles. The summed E-state index contributed by atoms with van der Waals surface area (Å²) in [7, 11) is -3.93. The number of rotatable bonds is 5. The summed E-state index contributed by atoms with van der Waals surface area (Å²) in [6.07, 6.45) is -0.310. The molecule has 1 heterocycles. The predicted molar refractivity (Wildman–Crippen MR) is 70.2 cm³/mol. The van der Waals surface area contributed by atoms with Crippen LogP contribution in [0.3, 0.4) is 0 Å². The van der Waals surface area contributed by atoms with E-state index < -0.39 is 28.8 Å². The summed E-state index contributed by atoms with van der Waals surface area (Å²) in [5.74, 6) is -0.545. The van der Waals surface area contributed by atoms with Crippen molar-refractivity contribution in [2.24, 2.45) is 0 Å². The highest BCUT2D eigenvalue weighted by molar-refractivity contribution is 7.92. The minimum absolute atomic E-state index is 0.0550. The molecule has 114 valence electrons. The Bertz CT molecular complexity index is 744. The summed E-state index contributed by atoms with van der Waals surface area (Å²) in [6.45, 7) is 0.829. The Morgan fingerprint density at radius 1 is 1.38 bits per heavy atom. The van der Waals surface area contributed by atoms with Crippen LogP contribution in [0.25, 0.3) is 0 Å². The van der Waals surface area contributed by atoms with E-state index in [0.717, 1.165) is 35.3 Å². The zero-order valence-electron chi connectivity index (χ0n) is 10.9. The van der Waals surface area contributed by atoms with E-state index in [1.54, 1.807) is 0 Å². The average Bonchev–Trinajstić information content (AvgIpc) is 2.73. The maximum absolute atomic E-state index is 13.0. The Morgan fingerprint density at radius 2 is 2.10 bits per heavy atom. The molecule has 1 aromatic carbocycles. The van der Waals surface area contributed by atoms with Gasteiger partial charge in [-0.15, -0.1) is 0 Å². The second kappa shape index (κ2) is 5.76. The predicted octanol–water partition coefficient (Wildman–Crippen LogP) is 2.40. The first-order valence-electron chi connectivity index (χ1n) is 5.87. The van der Waals surface area contributed by atoms with Crippen molar-refractivity contribution in [3.05, 3.63) is 42.0 Å². The molecule has 0 saturated carbocycles. The number of hydrogen-bond donors (Lipinski definition) is 1. The van der Waals surface area contributed by atoms with Crippen LogP contribution < -0.4 is 4.72 Å². The van der Waals surface area contributed by atoms with Crippen LogP contribution in [0.5, 0.6) is 0 Å². The molecule has 0 bridgehead atoms. The van der Waals surface area contributed by atoms with Crippen molar-refractivity contribution < 1.29 is 21.6 Å². The number of sulfonamides is 1. The van der Waals surface area contributed by atoms with E-state index >= 15 is 0 Å².